The van der Waals surface area contributed by atoms with Crippen molar-refractivity contribution in [2.75, 3.05) is 0 Å². The van der Waals surface area contributed by atoms with Gasteiger partial charge in [-0.1, -0.05) is 89.2 Å². The third-order valence-corrected chi connectivity index (χ3v) is 5.76. The number of rotatable bonds is 7. The minimum Gasteiger partial charge on any atom is -0.347 e. The molecule has 1 aromatic heterocycles. The van der Waals surface area contributed by atoms with Gasteiger partial charge < -0.3 is 5.32 Å². The van der Waals surface area contributed by atoms with Crippen molar-refractivity contribution >= 4 is 5.91 Å². The third kappa shape index (κ3) is 6.09. The van der Waals surface area contributed by atoms with Crippen LogP contribution in [0.5, 0.6) is 0 Å². The fourth-order valence-electron chi connectivity index (χ4n) is 3.79. The number of benzene rings is 2. The van der Waals surface area contributed by atoms with Gasteiger partial charge in [-0.15, -0.1) is 0 Å². The quantitative estimate of drug-likeness (QED) is 0.598. The van der Waals surface area contributed by atoms with Crippen molar-refractivity contribution in [3.63, 3.8) is 0 Å². The molecule has 0 bridgehead atoms. The molecular weight excluding hydrogens is 414 g/mol. The Morgan fingerprint density at radius 2 is 1.58 bits per heavy atom. The summed E-state index contributed by atoms with van der Waals surface area (Å²) in [7, 11) is 0. The molecule has 0 aliphatic carbocycles. The van der Waals surface area contributed by atoms with E-state index in [1.807, 2.05) is 56.3 Å². The number of carbonyl (C=O) groups is 1. The van der Waals surface area contributed by atoms with E-state index < -0.39 is 11.2 Å². The van der Waals surface area contributed by atoms with E-state index in [2.05, 4.69) is 38.2 Å². The number of hydrogen-bond donors (Lipinski definition) is 1. The molecule has 1 N–H and O–H groups in total. The first-order valence-electron chi connectivity index (χ1n) is 11.3. The lowest BCUT2D eigenvalue weighted by molar-refractivity contribution is -0.122. The van der Waals surface area contributed by atoms with Crippen LogP contribution in [0.3, 0.4) is 0 Å². The monoisotopic (exact) mass is 447 g/mol. The van der Waals surface area contributed by atoms with Gasteiger partial charge in [0.15, 0.2) is 0 Å². The standard InChI is InChI=1S/C27H33N3O3/c1-19(2)25(21-11-13-22(14-12-21)27(3,4)5)28-23(31)18-30-24(32)15-16-29(26(30)33)17-20-9-7-6-8-10-20/h6-16,19,25H,17-18H2,1-5H3,(H,28,31). The molecule has 0 aliphatic rings. The minimum absolute atomic E-state index is 0.0449. The van der Waals surface area contributed by atoms with Gasteiger partial charge in [0.2, 0.25) is 5.91 Å². The van der Waals surface area contributed by atoms with Gasteiger partial charge >= 0.3 is 5.69 Å². The molecular formula is C27H33N3O3. The van der Waals surface area contributed by atoms with E-state index in [0.29, 0.717) is 6.54 Å². The lowest BCUT2D eigenvalue weighted by atomic mass is 9.85. The summed E-state index contributed by atoms with van der Waals surface area (Å²) in [5, 5.41) is 3.02. The van der Waals surface area contributed by atoms with Gasteiger partial charge in [-0.3, -0.25) is 18.7 Å². The zero-order chi connectivity index (χ0) is 24.2. The van der Waals surface area contributed by atoms with Crippen molar-refractivity contribution < 1.29 is 4.79 Å². The van der Waals surface area contributed by atoms with Crippen molar-refractivity contribution in [1.29, 1.82) is 0 Å². The SMILES string of the molecule is CC(C)C(NC(=O)Cn1c(=O)ccn(Cc2ccccc2)c1=O)c1ccc(C(C)(C)C)cc1. The summed E-state index contributed by atoms with van der Waals surface area (Å²) < 4.78 is 2.42. The summed E-state index contributed by atoms with van der Waals surface area (Å²) in [5.41, 5.74) is 2.20. The predicted molar refractivity (Wildman–Crippen MR) is 131 cm³/mol. The largest absolute Gasteiger partial charge is 0.347 e. The maximum absolute atomic E-state index is 12.9. The van der Waals surface area contributed by atoms with Crippen molar-refractivity contribution in [2.24, 2.45) is 5.92 Å². The van der Waals surface area contributed by atoms with E-state index in [4.69, 9.17) is 0 Å². The first-order valence-corrected chi connectivity index (χ1v) is 11.3. The zero-order valence-electron chi connectivity index (χ0n) is 20.0. The number of carbonyl (C=O) groups excluding carboxylic acids is 1. The first-order chi connectivity index (χ1) is 15.6. The average Bonchev–Trinajstić information content (AvgIpc) is 2.77. The Bertz CT molecular complexity index is 1200. The molecule has 6 heteroatoms. The summed E-state index contributed by atoms with van der Waals surface area (Å²) in [6, 6.07) is 18.8. The molecule has 0 spiro atoms. The van der Waals surface area contributed by atoms with Gasteiger partial charge in [0.25, 0.3) is 5.56 Å². The molecule has 2 aromatic carbocycles. The summed E-state index contributed by atoms with van der Waals surface area (Å²) in [6.07, 6.45) is 1.47. The van der Waals surface area contributed by atoms with Crippen LogP contribution in [0.4, 0.5) is 0 Å². The number of hydrogen-bond acceptors (Lipinski definition) is 3. The van der Waals surface area contributed by atoms with Crippen molar-refractivity contribution in [3.8, 4) is 0 Å². The molecule has 0 radical (unpaired) electrons. The van der Waals surface area contributed by atoms with Gasteiger partial charge in [-0.05, 0) is 28.0 Å². The van der Waals surface area contributed by atoms with Crippen LogP contribution in [0.25, 0.3) is 0 Å². The average molecular weight is 448 g/mol. The first kappa shape index (κ1) is 24.2. The summed E-state index contributed by atoms with van der Waals surface area (Å²) in [4.78, 5) is 38.1. The van der Waals surface area contributed by atoms with Gasteiger partial charge in [-0.2, -0.15) is 0 Å². The highest BCUT2D eigenvalue weighted by molar-refractivity contribution is 5.76. The smallest absolute Gasteiger partial charge is 0.331 e. The normalized spacial score (nSPS) is 12.5. The molecule has 3 aromatic rings. The van der Waals surface area contributed by atoms with E-state index in [0.717, 1.165) is 15.7 Å². The molecule has 174 valence electrons. The Morgan fingerprint density at radius 3 is 2.15 bits per heavy atom. The van der Waals surface area contributed by atoms with Gasteiger partial charge in [0.1, 0.15) is 6.54 Å². The number of amides is 1. The van der Waals surface area contributed by atoms with E-state index in [9.17, 15) is 14.4 Å². The number of aromatic nitrogens is 2. The molecule has 0 saturated carbocycles. The molecule has 1 amide bonds. The highest BCUT2D eigenvalue weighted by Gasteiger charge is 2.21. The molecule has 1 atom stereocenters. The molecule has 6 nitrogen and oxygen atoms in total. The van der Waals surface area contributed by atoms with E-state index >= 15 is 0 Å². The lowest BCUT2D eigenvalue weighted by Crippen LogP contribution is -2.44. The molecule has 0 aliphatic heterocycles. The van der Waals surface area contributed by atoms with Gasteiger partial charge in [-0.25, -0.2) is 4.79 Å². The van der Waals surface area contributed by atoms with Crippen LogP contribution in [-0.4, -0.2) is 15.0 Å². The van der Waals surface area contributed by atoms with Crippen LogP contribution in [0.15, 0.2) is 76.4 Å². The van der Waals surface area contributed by atoms with Crippen LogP contribution in [0.1, 0.15) is 57.4 Å². The fraction of sp³-hybridized carbons (Fsp3) is 0.370. The van der Waals surface area contributed by atoms with E-state index in [-0.39, 0.29) is 29.8 Å². The second-order valence-corrected chi connectivity index (χ2v) is 9.80. The van der Waals surface area contributed by atoms with Gasteiger partial charge in [0.05, 0.1) is 12.6 Å². The van der Waals surface area contributed by atoms with Crippen molar-refractivity contribution in [1.82, 2.24) is 14.5 Å². The Balaban J connectivity index is 1.79. The van der Waals surface area contributed by atoms with Crippen molar-refractivity contribution in [3.05, 3.63) is 104 Å². The van der Waals surface area contributed by atoms with Crippen molar-refractivity contribution in [2.45, 2.75) is 59.2 Å². The minimum atomic E-state index is -0.503. The molecule has 1 unspecified atom stereocenters. The van der Waals surface area contributed by atoms with Crippen LogP contribution in [-0.2, 0) is 23.3 Å². The molecule has 0 saturated heterocycles. The van der Waals surface area contributed by atoms with Gasteiger partial charge in [0, 0.05) is 12.3 Å². The Kier molecular flexibility index (Phi) is 7.36. The number of nitrogens with one attached hydrogen (secondary N) is 1. The predicted octanol–water partition coefficient (Wildman–Crippen LogP) is 3.87. The van der Waals surface area contributed by atoms with E-state index in [1.54, 1.807) is 0 Å². The number of nitrogens with zero attached hydrogens (tertiary/aromatic N) is 2. The summed E-state index contributed by atoms with van der Waals surface area (Å²) in [5.74, 6) is -0.234. The highest BCUT2D eigenvalue weighted by Crippen LogP contribution is 2.26. The van der Waals surface area contributed by atoms with Crippen LogP contribution < -0.4 is 16.6 Å². The fourth-order valence-corrected chi connectivity index (χ4v) is 3.79. The highest BCUT2D eigenvalue weighted by atomic mass is 16.2. The maximum Gasteiger partial charge on any atom is 0.331 e. The van der Waals surface area contributed by atoms with Crippen LogP contribution in [0, 0.1) is 5.92 Å². The Hall–Kier alpha value is -3.41. The second kappa shape index (κ2) is 10.0. The summed E-state index contributed by atoms with van der Waals surface area (Å²) >= 11 is 0. The zero-order valence-corrected chi connectivity index (χ0v) is 20.0. The molecule has 3 rings (SSSR count). The Labute approximate surface area is 194 Å². The molecule has 33 heavy (non-hydrogen) atoms. The van der Waals surface area contributed by atoms with E-state index in [1.165, 1.54) is 22.4 Å². The maximum atomic E-state index is 12.9. The lowest BCUT2D eigenvalue weighted by Gasteiger charge is -2.25. The second-order valence-electron chi connectivity index (χ2n) is 9.80. The Morgan fingerprint density at radius 1 is 0.939 bits per heavy atom. The molecule has 1 heterocycles. The van der Waals surface area contributed by atoms with Crippen LogP contribution in [0.2, 0.25) is 0 Å². The topological polar surface area (TPSA) is 73.1 Å². The summed E-state index contributed by atoms with van der Waals surface area (Å²) in [6.45, 7) is 10.5. The molecule has 0 fully saturated rings. The third-order valence-electron chi connectivity index (χ3n) is 5.76. The van der Waals surface area contributed by atoms with Crippen LogP contribution >= 0.6 is 0 Å².